The lowest BCUT2D eigenvalue weighted by molar-refractivity contribution is 0.384. The number of nitrogens with zero attached hydrogens (tertiary/aromatic N) is 3. The molecule has 158 valence electrons. The molecule has 8 nitrogen and oxygen atoms in total. The van der Waals surface area contributed by atoms with E-state index < -0.39 is 25.9 Å². The van der Waals surface area contributed by atoms with Crippen molar-refractivity contribution in [2.24, 2.45) is 0 Å². The van der Waals surface area contributed by atoms with Crippen LogP contribution < -0.4 is 0 Å². The molecule has 1 N–H and O–H groups in total. The number of hydrogen-bond donors (Lipinski definition) is 1. The van der Waals surface area contributed by atoms with Crippen LogP contribution in [-0.2, 0) is 19.9 Å². The zero-order chi connectivity index (χ0) is 21.5. The minimum Gasteiger partial charge on any atom is -0.261 e. The van der Waals surface area contributed by atoms with Gasteiger partial charge in [0.25, 0.3) is 0 Å². The van der Waals surface area contributed by atoms with Gasteiger partial charge >= 0.3 is 0 Å². The quantitative estimate of drug-likeness (QED) is 0.645. The van der Waals surface area contributed by atoms with Crippen molar-refractivity contribution < 1.29 is 16.8 Å². The number of sulfonamides is 1. The second-order valence-corrected chi connectivity index (χ2v) is 11.3. The minimum atomic E-state index is -3.92. The van der Waals surface area contributed by atoms with Crippen molar-refractivity contribution in [1.29, 1.82) is 0 Å². The Morgan fingerprint density at radius 3 is 2.50 bits per heavy atom. The average Bonchev–Trinajstić information content (AvgIpc) is 3.37. The third-order valence-electron chi connectivity index (χ3n) is 5.23. The molecule has 0 unspecified atom stereocenters. The summed E-state index contributed by atoms with van der Waals surface area (Å²) >= 11 is 0. The normalized spacial score (nSPS) is 18.0. The SMILES string of the molecule is Cc1ccc(S(C)(=O)=O)cc1S(=O)(=O)N1CCC[C@H]1c1nc(-c2ccccc2)n[nH]1. The summed E-state index contributed by atoms with van der Waals surface area (Å²) in [5.74, 6) is 0.983. The first-order valence-electron chi connectivity index (χ1n) is 9.48. The lowest BCUT2D eigenvalue weighted by Crippen LogP contribution is -2.31. The Kier molecular flexibility index (Phi) is 5.25. The molecule has 0 saturated carbocycles. The Hall–Kier alpha value is -2.56. The molecule has 1 atom stereocenters. The second kappa shape index (κ2) is 7.60. The Balaban J connectivity index is 1.71. The van der Waals surface area contributed by atoms with Crippen LogP contribution in [0.5, 0.6) is 0 Å². The highest BCUT2D eigenvalue weighted by Gasteiger charge is 2.39. The van der Waals surface area contributed by atoms with Gasteiger partial charge < -0.3 is 0 Å². The number of nitrogens with one attached hydrogen (secondary N) is 1. The standard InChI is InChI=1S/C20H22N4O4S2/c1-14-10-11-16(29(2,25)26)13-18(14)30(27,28)24-12-6-9-17(24)20-21-19(22-23-20)15-7-4-3-5-8-15/h3-5,7-8,10-11,13,17H,6,9,12H2,1-2H3,(H,21,22,23)/t17-/m0/s1. The maximum atomic E-state index is 13.5. The summed E-state index contributed by atoms with van der Waals surface area (Å²) < 4.78 is 52.2. The van der Waals surface area contributed by atoms with Crippen molar-refractivity contribution in [3.05, 3.63) is 59.9 Å². The number of rotatable bonds is 5. The molecule has 1 fully saturated rings. The third kappa shape index (κ3) is 3.78. The summed E-state index contributed by atoms with van der Waals surface area (Å²) in [7, 11) is -7.45. The van der Waals surface area contributed by atoms with Gasteiger partial charge in [-0.3, -0.25) is 5.10 Å². The van der Waals surface area contributed by atoms with Gasteiger partial charge in [-0.05, 0) is 37.5 Å². The van der Waals surface area contributed by atoms with E-state index in [0.717, 1.165) is 11.8 Å². The van der Waals surface area contributed by atoms with E-state index in [0.29, 0.717) is 36.6 Å². The van der Waals surface area contributed by atoms with Crippen molar-refractivity contribution in [1.82, 2.24) is 19.5 Å². The fourth-order valence-corrected chi connectivity index (χ4v) is 6.29. The molecule has 0 spiro atoms. The summed E-state index contributed by atoms with van der Waals surface area (Å²) in [5.41, 5.74) is 1.33. The molecule has 0 amide bonds. The molecule has 30 heavy (non-hydrogen) atoms. The number of sulfone groups is 1. The predicted molar refractivity (Wildman–Crippen MR) is 112 cm³/mol. The molecule has 1 saturated heterocycles. The van der Waals surface area contributed by atoms with Gasteiger partial charge in [0.05, 0.1) is 15.8 Å². The molecule has 0 radical (unpaired) electrons. The highest BCUT2D eigenvalue weighted by Crippen LogP contribution is 2.36. The van der Waals surface area contributed by atoms with Crippen LogP contribution in [0, 0.1) is 6.92 Å². The molecular weight excluding hydrogens is 424 g/mol. The van der Waals surface area contributed by atoms with E-state index in [1.165, 1.54) is 22.5 Å². The molecule has 1 aliphatic rings. The fourth-order valence-electron chi connectivity index (χ4n) is 3.66. The van der Waals surface area contributed by atoms with E-state index in [2.05, 4.69) is 15.2 Å². The lowest BCUT2D eigenvalue weighted by atomic mass is 10.2. The number of benzene rings is 2. The molecule has 0 aliphatic carbocycles. The van der Waals surface area contributed by atoms with E-state index in [1.54, 1.807) is 6.92 Å². The highest BCUT2D eigenvalue weighted by atomic mass is 32.2. The molecule has 4 rings (SSSR count). The van der Waals surface area contributed by atoms with E-state index in [9.17, 15) is 16.8 Å². The summed E-state index contributed by atoms with van der Waals surface area (Å²) in [6.07, 6.45) is 2.34. The van der Waals surface area contributed by atoms with Gasteiger partial charge in [-0.1, -0.05) is 36.4 Å². The lowest BCUT2D eigenvalue weighted by Gasteiger charge is -2.23. The van der Waals surface area contributed by atoms with Crippen LogP contribution in [0.2, 0.25) is 0 Å². The molecule has 2 aromatic carbocycles. The molecule has 10 heteroatoms. The fraction of sp³-hybridized carbons (Fsp3) is 0.300. The minimum absolute atomic E-state index is 0.000114. The van der Waals surface area contributed by atoms with Gasteiger partial charge in [0.1, 0.15) is 5.82 Å². The van der Waals surface area contributed by atoms with E-state index in [1.807, 2.05) is 30.3 Å². The number of aromatic nitrogens is 3. The topological polar surface area (TPSA) is 113 Å². The van der Waals surface area contributed by atoms with Crippen molar-refractivity contribution in [2.45, 2.75) is 35.6 Å². The van der Waals surface area contributed by atoms with Crippen LogP contribution in [0.4, 0.5) is 0 Å². The number of H-pyrrole nitrogens is 1. The molecule has 2 heterocycles. The maximum Gasteiger partial charge on any atom is 0.244 e. The van der Waals surface area contributed by atoms with Crippen molar-refractivity contribution in [3.8, 4) is 11.4 Å². The van der Waals surface area contributed by atoms with Gasteiger partial charge in [-0.15, -0.1) is 0 Å². The third-order valence-corrected chi connectivity index (χ3v) is 8.39. The smallest absolute Gasteiger partial charge is 0.244 e. The maximum absolute atomic E-state index is 13.5. The second-order valence-electron chi connectivity index (χ2n) is 7.38. The first-order valence-corrected chi connectivity index (χ1v) is 12.8. The zero-order valence-electron chi connectivity index (χ0n) is 16.6. The Bertz CT molecular complexity index is 1290. The first-order chi connectivity index (χ1) is 14.2. The largest absolute Gasteiger partial charge is 0.261 e. The Morgan fingerprint density at radius 1 is 1.07 bits per heavy atom. The zero-order valence-corrected chi connectivity index (χ0v) is 18.2. The van der Waals surface area contributed by atoms with Gasteiger partial charge in [0.2, 0.25) is 10.0 Å². The van der Waals surface area contributed by atoms with Gasteiger partial charge in [-0.2, -0.15) is 9.40 Å². The van der Waals surface area contributed by atoms with Gasteiger partial charge in [-0.25, -0.2) is 21.8 Å². The van der Waals surface area contributed by atoms with E-state index in [4.69, 9.17) is 0 Å². The molecule has 3 aromatic rings. The van der Waals surface area contributed by atoms with Crippen LogP contribution in [0.3, 0.4) is 0 Å². The number of aryl methyl sites for hydroxylation is 1. The van der Waals surface area contributed by atoms with Crippen LogP contribution in [-0.4, -0.2) is 49.1 Å². The molecular formula is C20H22N4O4S2. The monoisotopic (exact) mass is 446 g/mol. The van der Waals surface area contributed by atoms with E-state index >= 15 is 0 Å². The summed E-state index contributed by atoms with van der Waals surface area (Å²) in [6.45, 7) is 1.99. The number of hydrogen-bond acceptors (Lipinski definition) is 6. The van der Waals surface area contributed by atoms with Gasteiger partial charge in [0, 0.05) is 18.4 Å². The van der Waals surface area contributed by atoms with Crippen molar-refractivity contribution >= 4 is 19.9 Å². The van der Waals surface area contributed by atoms with Crippen molar-refractivity contribution in [3.63, 3.8) is 0 Å². The summed E-state index contributed by atoms with van der Waals surface area (Å²) in [6, 6.07) is 13.1. The van der Waals surface area contributed by atoms with Crippen LogP contribution in [0.15, 0.2) is 58.3 Å². The average molecular weight is 447 g/mol. The van der Waals surface area contributed by atoms with Crippen LogP contribution in [0.1, 0.15) is 30.3 Å². The van der Waals surface area contributed by atoms with Crippen molar-refractivity contribution in [2.75, 3.05) is 12.8 Å². The highest BCUT2D eigenvalue weighted by molar-refractivity contribution is 7.91. The molecule has 0 bridgehead atoms. The summed E-state index contributed by atoms with van der Waals surface area (Å²) in [4.78, 5) is 4.51. The number of aromatic amines is 1. The Morgan fingerprint density at radius 2 is 1.80 bits per heavy atom. The summed E-state index contributed by atoms with van der Waals surface area (Å²) in [5, 5.41) is 7.13. The first kappa shape index (κ1) is 20.7. The van der Waals surface area contributed by atoms with Crippen LogP contribution >= 0.6 is 0 Å². The van der Waals surface area contributed by atoms with Crippen LogP contribution in [0.25, 0.3) is 11.4 Å². The Labute approximate surface area is 175 Å². The van der Waals surface area contributed by atoms with Gasteiger partial charge in [0.15, 0.2) is 15.7 Å². The molecule has 1 aliphatic heterocycles. The predicted octanol–water partition coefficient (Wildman–Crippen LogP) is 2.71. The molecule has 1 aromatic heterocycles. The van der Waals surface area contributed by atoms with E-state index in [-0.39, 0.29) is 9.79 Å².